The maximum atomic E-state index is 5.73. The topological polar surface area (TPSA) is 26.0 Å². The monoisotopic (exact) mass is 213 g/mol. The first kappa shape index (κ1) is 8.60. The van der Waals surface area contributed by atoms with Crippen LogP contribution in [0.1, 0.15) is 13.8 Å². The van der Waals surface area contributed by atoms with Crippen LogP contribution in [-0.4, -0.2) is 0 Å². The molecule has 1 unspecified atom stereocenters. The molecule has 0 heterocycles. The van der Waals surface area contributed by atoms with Crippen molar-refractivity contribution in [3.63, 3.8) is 0 Å². The second-order valence-electron chi connectivity index (χ2n) is 2.87. The standard InChI is InChI=1S/C9H12BrN/c1-5-4-8(11)7(3)9(10)6(5)2/h4,6H,1,11H2,2-3H3. The number of hydrogen-bond acceptors (Lipinski definition) is 1. The number of halogens is 1. The van der Waals surface area contributed by atoms with Gasteiger partial charge in [-0.3, -0.25) is 0 Å². The van der Waals surface area contributed by atoms with E-state index >= 15 is 0 Å². The maximum Gasteiger partial charge on any atom is 0.0354 e. The molecule has 2 heteroatoms. The maximum absolute atomic E-state index is 5.73. The Morgan fingerprint density at radius 3 is 2.73 bits per heavy atom. The van der Waals surface area contributed by atoms with Gasteiger partial charge in [0, 0.05) is 16.1 Å². The van der Waals surface area contributed by atoms with Gasteiger partial charge in [0.25, 0.3) is 0 Å². The SMILES string of the molecule is C=C1C=C(N)C(C)=C(Br)C1C. The van der Waals surface area contributed by atoms with E-state index in [-0.39, 0.29) is 0 Å². The molecular formula is C9H12BrN. The summed E-state index contributed by atoms with van der Waals surface area (Å²) >= 11 is 3.50. The van der Waals surface area contributed by atoms with Gasteiger partial charge in [-0.2, -0.15) is 0 Å². The Kier molecular flexibility index (Phi) is 2.23. The van der Waals surface area contributed by atoms with Crippen LogP contribution in [0.15, 0.2) is 34.0 Å². The van der Waals surface area contributed by atoms with Crippen molar-refractivity contribution >= 4 is 15.9 Å². The molecule has 1 rings (SSSR count). The first-order valence-corrected chi connectivity index (χ1v) is 4.36. The van der Waals surface area contributed by atoms with Gasteiger partial charge in [0.15, 0.2) is 0 Å². The van der Waals surface area contributed by atoms with Crippen molar-refractivity contribution in [2.75, 3.05) is 0 Å². The van der Waals surface area contributed by atoms with Crippen LogP contribution in [0.3, 0.4) is 0 Å². The summed E-state index contributed by atoms with van der Waals surface area (Å²) in [6.45, 7) is 8.03. The van der Waals surface area contributed by atoms with Gasteiger partial charge in [0.05, 0.1) is 0 Å². The predicted molar refractivity (Wildman–Crippen MR) is 52.2 cm³/mol. The minimum Gasteiger partial charge on any atom is -0.398 e. The van der Waals surface area contributed by atoms with Gasteiger partial charge >= 0.3 is 0 Å². The zero-order valence-corrected chi connectivity index (χ0v) is 8.40. The zero-order valence-electron chi connectivity index (χ0n) is 6.82. The largest absolute Gasteiger partial charge is 0.398 e. The van der Waals surface area contributed by atoms with Crippen molar-refractivity contribution in [2.45, 2.75) is 13.8 Å². The first-order valence-electron chi connectivity index (χ1n) is 3.56. The van der Waals surface area contributed by atoms with Gasteiger partial charge in [-0.15, -0.1) is 0 Å². The number of rotatable bonds is 0. The molecule has 0 aliphatic heterocycles. The Hall–Kier alpha value is -0.500. The van der Waals surface area contributed by atoms with Crippen LogP contribution in [0.4, 0.5) is 0 Å². The van der Waals surface area contributed by atoms with Crippen molar-refractivity contribution in [3.8, 4) is 0 Å². The minimum absolute atomic E-state index is 0.377. The number of nitrogens with two attached hydrogens (primary N) is 1. The molecular weight excluding hydrogens is 202 g/mol. The van der Waals surface area contributed by atoms with Gasteiger partial charge in [-0.05, 0) is 24.1 Å². The lowest BCUT2D eigenvalue weighted by Crippen LogP contribution is -2.11. The molecule has 1 atom stereocenters. The third-order valence-corrected chi connectivity index (χ3v) is 3.35. The van der Waals surface area contributed by atoms with Crippen molar-refractivity contribution in [1.29, 1.82) is 0 Å². The average Bonchev–Trinajstić information content (AvgIpc) is 1.97. The highest BCUT2D eigenvalue weighted by atomic mass is 79.9. The smallest absolute Gasteiger partial charge is 0.0354 e. The van der Waals surface area contributed by atoms with Gasteiger partial charge in [0.1, 0.15) is 0 Å². The molecule has 1 aliphatic carbocycles. The van der Waals surface area contributed by atoms with Crippen LogP contribution in [0.2, 0.25) is 0 Å². The zero-order chi connectivity index (χ0) is 8.59. The summed E-state index contributed by atoms with van der Waals surface area (Å²) in [6.07, 6.45) is 1.94. The van der Waals surface area contributed by atoms with E-state index in [1.807, 2.05) is 13.0 Å². The fourth-order valence-electron chi connectivity index (χ4n) is 1.06. The summed E-state index contributed by atoms with van der Waals surface area (Å²) in [7, 11) is 0. The minimum atomic E-state index is 0.377. The molecule has 1 aliphatic rings. The quantitative estimate of drug-likeness (QED) is 0.659. The molecule has 0 saturated heterocycles. The number of allylic oxidation sites excluding steroid dienone is 4. The third-order valence-electron chi connectivity index (χ3n) is 2.07. The Morgan fingerprint density at radius 2 is 2.18 bits per heavy atom. The van der Waals surface area contributed by atoms with Crippen LogP contribution in [0, 0.1) is 5.92 Å². The van der Waals surface area contributed by atoms with Crippen molar-refractivity contribution in [2.24, 2.45) is 11.7 Å². The predicted octanol–water partition coefficient (Wildman–Crippen LogP) is 2.70. The number of hydrogen-bond donors (Lipinski definition) is 1. The molecule has 0 aromatic carbocycles. The third kappa shape index (κ3) is 1.41. The molecule has 1 nitrogen and oxygen atoms in total. The van der Waals surface area contributed by atoms with E-state index in [0.29, 0.717) is 5.92 Å². The highest BCUT2D eigenvalue weighted by Crippen LogP contribution is 2.33. The van der Waals surface area contributed by atoms with Crippen molar-refractivity contribution < 1.29 is 0 Å². The van der Waals surface area contributed by atoms with Crippen LogP contribution in [-0.2, 0) is 0 Å². The van der Waals surface area contributed by atoms with E-state index in [0.717, 1.165) is 21.3 Å². The van der Waals surface area contributed by atoms with Gasteiger partial charge in [0.2, 0.25) is 0 Å². The lowest BCUT2D eigenvalue weighted by atomic mass is 9.92. The van der Waals surface area contributed by atoms with Gasteiger partial charge in [-0.25, -0.2) is 0 Å². The van der Waals surface area contributed by atoms with Gasteiger partial charge in [-0.1, -0.05) is 29.4 Å². The molecule has 0 aromatic rings. The summed E-state index contributed by atoms with van der Waals surface area (Å²) < 4.78 is 1.16. The lowest BCUT2D eigenvalue weighted by Gasteiger charge is -2.20. The summed E-state index contributed by atoms with van der Waals surface area (Å²) in [5.41, 5.74) is 8.75. The van der Waals surface area contributed by atoms with Crippen LogP contribution in [0.5, 0.6) is 0 Å². The lowest BCUT2D eigenvalue weighted by molar-refractivity contribution is 0.852. The van der Waals surface area contributed by atoms with Crippen LogP contribution in [0.25, 0.3) is 0 Å². The summed E-state index contributed by atoms with van der Waals surface area (Å²) in [5, 5.41) is 0. The Labute approximate surface area is 75.8 Å². The average molecular weight is 214 g/mol. The molecule has 11 heavy (non-hydrogen) atoms. The first-order chi connectivity index (χ1) is 5.04. The van der Waals surface area contributed by atoms with E-state index in [1.165, 1.54) is 0 Å². The van der Waals surface area contributed by atoms with Crippen LogP contribution >= 0.6 is 15.9 Å². The van der Waals surface area contributed by atoms with Gasteiger partial charge < -0.3 is 5.73 Å². The molecule has 0 saturated carbocycles. The van der Waals surface area contributed by atoms with Crippen LogP contribution < -0.4 is 5.73 Å². The van der Waals surface area contributed by atoms with E-state index in [2.05, 4.69) is 29.4 Å². The molecule has 0 fully saturated rings. The van der Waals surface area contributed by atoms with Crippen molar-refractivity contribution in [3.05, 3.63) is 34.0 Å². The Morgan fingerprint density at radius 1 is 1.64 bits per heavy atom. The van der Waals surface area contributed by atoms with E-state index in [4.69, 9.17) is 5.73 Å². The molecule has 2 N–H and O–H groups in total. The molecule has 0 amide bonds. The second-order valence-corrected chi connectivity index (χ2v) is 3.72. The highest BCUT2D eigenvalue weighted by molar-refractivity contribution is 9.11. The normalized spacial score (nSPS) is 25.5. The molecule has 0 spiro atoms. The summed E-state index contributed by atoms with van der Waals surface area (Å²) in [4.78, 5) is 0. The highest BCUT2D eigenvalue weighted by Gasteiger charge is 2.17. The Balaban J connectivity index is 3.12. The molecule has 0 aromatic heterocycles. The fraction of sp³-hybridized carbons (Fsp3) is 0.333. The molecule has 60 valence electrons. The van der Waals surface area contributed by atoms with E-state index < -0.39 is 0 Å². The fourth-order valence-corrected chi connectivity index (χ4v) is 1.58. The second kappa shape index (κ2) is 2.86. The summed E-state index contributed by atoms with van der Waals surface area (Å²) in [5.74, 6) is 0.377. The molecule has 0 bridgehead atoms. The van der Waals surface area contributed by atoms with E-state index in [9.17, 15) is 0 Å². The molecule has 0 radical (unpaired) electrons. The van der Waals surface area contributed by atoms with Crippen molar-refractivity contribution in [1.82, 2.24) is 0 Å². The van der Waals surface area contributed by atoms with E-state index in [1.54, 1.807) is 0 Å². The summed E-state index contributed by atoms with van der Waals surface area (Å²) in [6, 6.07) is 0. The Bertz CT molecular complexity index is 261.